The number of aryl methyl sites for hydroxylation is 1. The maximum atomic E-state index is 9.18. The van der Waals surface area contributed by atoms with Crippen molar-refractivity contribution in [2.24, 2.45) is 0 Å². The number of hydrogen-bond acceptors (Lipinski definition) is 3. The molecule has 1 fully saturated rings. The van der Waals surface area contributed by atoms with E-state index in [4.69, 9.17) is 9.47 Å². The molecule has 17 heavy (non-hydrogen) atoms. The van der Waals surface area contributed by atoms with Gasteiger partial charge in [0.05, 0.1) is 24.7 Å². The first kappa shape index (κ1) is 12.1. The van der Waals surface area contributed by atoms with Crippen molar-refractivity contribution < 1.29 is 9.47 Å². The van der Waals surface area contributed by atoms with Crippen molar-refractivity contribution in [3.8, 4) is 6.07 Å². The Kier molecular flexibility index (Phi) is 3.19. The second kappa shape index (κ2) is 4.48. The topological polar surface area (TPSA) is 42.2 Å². The van der Waals surface area contributed by atoms with Crippen molar-refractivity contribution in [2.75, 3.05) is 13.2 Å². The molecule has 1 aliphatic rings. The van der Waals surface area contributed by atoms with E-state index in [-0.39, 0.29) is 6.29 Å². The van der Waals surface area contributed by atoms with Gasteiger partial charge in [0.2, 0.25) is 0 Å². The zero-order valence-corrected chi connectivity index (χ0v) is 10.5. The smallest absolute Gasteiger partial charge is 0.184 e. The van der Waals surface area contributed by atoms with Gasteiger partial charge in [-0.2, -0.15) is 5.26 Å². The standard InChI is InChI=1S/C14H17NO2/c1-10-6-11(13-16-4-5-17-13)8-12(7-10)14(2,3)9-15/h6-8,13H,4-5H2,1-3H3. The van der Waals surface area contributed by atoms with Crippen LogP contribution in [0, 0.1) is 18.3 Å². The molecule has 0 saturated carbocycles. The lowest BCUT2D eigenvalue weighted by molar-refractivity contribution is -0.0442. The van der Waals surface area contributed by atoms with E-state index in [0.29, 0.717) is 13.2 Å². The molecule has 0 amide bonds. The monoisotopic (exact) mass is 231 g/mol. The van der Waals surface area contributed by atoms with E-state index in [1.54, 1.807) is 0 Å². The lowest BCUT2D eigenvalue weighted by Crippen LogP contribution is -2.15. The van der Waals surface area contributed by atoms with Crippen LogP contribution in [0.3, 0.4) is 0 Å². The van der Waals surface area contributed by atoms with Crippen LogP contribution in [0.2, 0.25) is 0 Å². The largest absolute Gasteiger partial charge is 0.346 e. The van der Waals surface area contributed by atoms with Crippen LogP contribution in [0.1, 0.15) is 36.8 Å². The van der Waals surface area contributed by atoms with Gasteiger partial charge in [-0.25, -0.2) is 0 Å². The van der Waals surface area contributed by atoms with E-state index in [0.717, 1.165) is 16.7 Å². The zero-order valence-electron chi connectivity index (χ0n) is 10.5. The van der Waals surface area contributed by atoms with E-state index in [2.05, 4.69) is 6.07 Å². The second-order valence-corrected chi connectivity index (χ2v) is 4.94. The van der Waals surface area contributed by atoms with E-state index < -0.39 is 5.41 Å². The molecule has 1 saturated heterocycles. The third-order valence-electron chi connectivity index (χ3n) is 2.99. The molecule has 0 unspecified atom stereocenters. The van der Waals surface area contributed by atoms with Crippen LogP contribution in [0.5, 0.6) is 0 Å². The van der Waals surface area contributed by atoms with E-state index in [1.165, 1.54) is 0 Å². The highest BCUT2D eigenvalue weighted by molar-refractivity contribution is 5.37. The normalized spacial score (nSPS) is 17.1. The Morgan fingerprint density at radius 2 is 1.88 bits per heavy atom. The summed E-state index contributed by atoms with van der Waals surface area (Å²) in [6.45, 7) is 7.13. The molecule has 3 heteroatoms. The molecule has 0 aromatic heterocycles. The Labute approximate surface area is 102 Å². The van der Waals surface area contributed by atoms with Crippen molar-refractivity contribution in [3.63, 3.8) is 0 Å². The first-order valence-corrected chi connectivity index (χ1v) is 5.79. The van der Waals surface area contributed by atoms with Gasteiger partial charge in [-0.1, -0.05) is 17.7 Å². The molecule has 1 aromatic rings. The van der Waals surface area contributed by atoms with E-state index in [9.17, 15) is 5.26 Å². The summed E-state index contributed by atoms with van der Waals surface area (Å²) in [5, 5.41) is 9.18. The summed E-state index contributed by atoms with van der Waals surface area (Å²) in [4.78, 5) is 0. The molecule has 0 N–H and O–H groups in total. The average molecular weight is 231 g/mol. The quantitative estimate of drug-likeness (QED) is 0.786. The number of hydrogen-bond donors (Lipinski definition) is 0. The highest BCUT2D eigenvalue weighted by Gasteiger charge is 2.24. The number of ether oxygens (including phenoxy) is 2. The Morgan fingerprint density at radius 1 is 1.24 bits per heavy atom. The highest BCUT2D eigenvalue weighted by atomic mass is 16.7. The maximum Gasteiger partial charge on any atom is 0.184 e. The molecule has 0 aliphatic carbocycles. The first-order valence-electron chi connectivity index (χ1n) is 5.79. The minimum atomic E-state index is -0.487. The highest BCUT2D eigenvalue weighted by Crippen LogP contribution is 2.30. The van der Waals surface area contributed by atoms with Crippen LogP contribution in [-0.4, -0.2) is 13.2 Å². The summed E-state index contributed by atoms with van der Waals surface area (Å²) in [6.07, 6.45) is -0.275. The summed E-state index contributed by atoms with van der Waals surface area (Å²) in [5.41, 5.74) is 2.65. The maximum absolute atomic E-state index is 9.18. The molecular formula is C14H17NO2. The van der Waals surface area contributed by atoms with Crippen molar-refractivity contribution >= 4 is 0 Å². The molecular weight excluding hydrogens is 214 g/mol. The Morgan fingerprint density at radius 3 is 2.47 bits per heavy atom. The van der Waals surface area contributed by atoms with Crippen molar-refractivity contribution in [2.45, 2.75) is 32.5 Å². The average Bonchev–Trinajstić information content (AvgIpc) is 2.81. The molecule has 1 aliphatic heterocycles. The van der Waals surface area contributed by atoms with Gasteiger partial charge in [-0.15, -0.1) is 0 Å². The van der Waals surface area contributed by atoms with Gasteiger partial charge in [0.15, 0.2) is 6.29 Å². The van der Waals surface area contributed by atoms with Gasteiger partial charge in [0.25, 0.3) is 0 Å². The van der Waals surface area contributed by atoms with Gasteiger partial charge in [0, 0.05) is 5.56 Å². The fraction of sp³-hybridized carbons (Fsp3) is 0.500. The molecule has 90 valence electrons. The van der Waals surface area contributed by atoms with Gasteiger partial charge in [0.1, 0.15) is 0 Å². The summed E-state index contributed by atoms with van der Waals surface area (Å²) in [6, 6.07) is 8.42. The Bertz CT molecular complexity index is 454. The summed E-state index contributed by atoms with van der Waals surface area (Å²) in [5.74, 6) is 0. The van der Waals surface area contributed by atoms with Gasteiger partial charge in [-0.05, 0) is 32.4 Å². The van der Waals surface area contributed by atoms with Crippen LogP contribution in [0.4, 0.5) is 0 Å². The Hall–Kier alpha value is -1.37. The first-order chi connectivity index (χ1) is 8.03. The molecule has 0 bridgehead atoms. The second-order valence-electron chi connectivity index (χ2n) is 4.94. The predicted octanol–water partition coefficient (Wildman–Crippen LogP) is 2.84. The van der Waals surface area contributed by atoms with Crippen molar-refractivity contribution in [1.82, 2.24) is 0 Å². The molecule has 3 nitrogen and oxygen atoms in total. The number of benzene rings is 1. The zero-order chi connectivity index (χ0) is 12.5. The molecule has 2 rings (SSSR count). The van der Waals surface area contributed by atoms with Crippen LogP contribution in [-0.2, 0) is 14.9 Å². The van der Waals surface area contributed by atoms with Crippen molar-refractivity contribution in [3.05, 3.63) is 34.9 Å². The minimum absolute atomic E-state index is 0.275. The lowest BCUT2D eigenvalue weighted by atomic mass is 9.84. The van der Waals surface area contributed by atoms with E-state index in [1.807, 2.05) is 39.0 Å². The number of rotatable bonds is 2. The molecule has 1 aromatic carbocycles. The fourth-order valence-electron chi connectivity index (χ4n) is 1.93. The SMILES string of the molecule is Cc1cc(C2OCCO2)cc(C(C)(C)C#N)c1. The molecule has 1 heterocycles. The summed E-state index contributed by atoms with van der Waals surface area (Å²) in [7, 11) is 0. The van der Waals surface area contributed by atoms with Gasteiger partial charge in [-0.3, -0.25) is 0 Å². The predicted molar refractivity (Wildman–Crippen MR) is 64.5 cm³/mol. The third kappa shape index (κ3) is 2.49. The molecule has 0 spiro atoms. The minimum Gasteiger partial charge on any atom is -0.346 e. The Balaban J connectivity index is 2.39. The number of nitriles is 1. The molecule has 0 radical (unpaired) electrons. The van der Waals surface area contributed by atoms with Crippen LogP contribution < -0.4 is 0 Å². The van der Waals surface area contributed by atoms with Crippen molar-refractivity contribution in [1.29, 1.82) is 5.26 Å². The van der Waals surface area contributed by atoms with Crippen LogP contribution in [0.25, 0.3) is 0 Å². The summed E-state index contributed by atoms with van der Waals surface area (Å²) >= 11 is 0. The summed E-state index contributed by atoms with van der Waals surface area (Å²) < 4.78 is 11.0. The van der Waals surface area contributed by atoms with Gasteiger partial charge < -0.3 is 9.47 Å². The number of nitrogens with zero attached hydrogens (tertiary/aromatic N) is 1. The van der Waals surface area contributed by atoms with Crippen LogP contribution >= 0.6 is 0 Å². The van der Waals surface area contributed by atoms with E-state index >= 15 is 0 Å². The van der Waals surface area contributed by atoms with Crippen LogP contribution in [0.15, 0.2) is 18.2 Å². The molecule has 0 atom stereocenters. The fourth-order valence-corrected chi connectivity index (χ4v) is 1.93. The third-order valence-corrected chi connectivity index (χ3v) is 2.99. The lowest BCUT2D eigenvalue weighted by Gasteiger charge is -2.19. The van der Waals surface area contributed by atoms with Gasteiger partial charge >= 0.3 is 0 Å².